The Hall–Kier alpha value is -1.24. The van der Waals surface area contributed by atoms with Crippen molar-refractivity contribution >= 4 is 11.3 Å². The van der Waals surface area contributed by atoms with Gasteiger partial charge in [-0.25, -0.2) is 0 Å². The second kappa shape index (κ2) is 2.67. The molecule has 2 rings (SSSR count). The second-order valence-corrected chi connectivity index (χ2v) is 3.37. The van der Waals surface area contributed by atoms with Crippen LogP contribution in [-0.4, -0.2) is 0 Å². The first-order valence-corrected chi connectivity index (χ1v) is 4.34. The number of nitrogens with two attached hydrogens (primary N) is 1. The Bertz CT molecular complexity index is 326. The lowest BCUT2D eigenvalue weighted by atomic mass is 9.88. The third kappa shape index (κ3) is 1.11. The van der Waals surface area contributed by atoms with Crippen molar-refractivity contribution in [3.05, 3.63) is 35.9 Å². The summed E-state index contributed by atoms with van der Waals surface area (Å²) in [5, 5.41) is 0. The molecule has 0 bridgehead atoms. The van der Waals surface area contributed by atoms with Crippen LogP contribution in [0.4, 0.5) is 5.69 Å². The molecule has 0 aliphatic heterocycles. The molecule has 2 N–H and O–H groups in total. The van der Waals surface area contributed by atoms with Gasteiger partial charge in [0.15, 0.2) is 0 Å². The summed E-state index contributed by atoms with van der Waals surface area (Å²) in [6, 6.07) is 6.13. The number of hydrogen-bond donors (Lipinski definition) is 1. The lowest BCUT2D eigenvalue weighted by Gasteiger charge is -2.17. The predicted octanol–water partition coefficient (Wildman–Crippen LogP) is 2.62. The standard InChI is InChI=1S/C11H13N/c1-8-3-2-4-9-5-6-10(12)7-11(8)9/h5-7H,1-4,12H2. The van der Waals surface area contributed by atoms with E-state index in [4.69, 9.17) is 5.73 Å². The molecule has 0 atom stereocenters. The highest BCUT2D eigenvalue weighted by atomic mass is 14.5. The summed E-state index contributed by atoms with van der Waals surface area (Å²) in [5.41, 5.74) is 10.5. The number of benzene rings is 1. The molecule has 0 fully saturated rings. The summed E-state index contributed by atoms with van der Waals surface area (Å²) in [5.74, 6) is 0. The number of allylic oxidation sites excluding steroid dienone is 1. The van der Waals surface area contributed by atoms with Gasteiger partial charge < -0.3 is 5.73 Å². The van der Waals surface area contributed by atoms with Gasteiger partial charge in [0, 0.05) is 5.69 Å². The average molecular weight is 159 g/mol. The van der Waals surface area contributed by atoms with E-state index in [2.05, 4.69) is 12.6 Å². The van der Waals surface area contributed by atoms with Gasteiger partial charge in [0.25, 0.3) is 0 Å². The van der Waals surface area contributed by atoms with Crippen molar-refractivity contribution in [3.8, 4) is 0 Å². The van der Waals surface area contributed by atoms with Crippen molar-refractivity contribution in [2.24, 2.45) is 0 Å². The van der Waals surface area contributed by atoms with Gasteiger partial charge in [-0.3, -0.25) is 0 Å². The zero-order valence-corrected chi connectivity index (χ0v) is 7.14. The van der Waals surface area contributed by atoms with E-state index in [1.54, 1.807) is 0 Å². The van der Waals surface area contributed by atoms with Crippen molar-refractivity contribution in [1.82, 2.24) is 0 Å². The summed E-state index contributed by atoms with van der Waals surface area (Å²) in [4.78, 5) is 0. The summed E-state index contributed by atoms with van der Waals surface area (Å²) in [6.45, 7) is 4.04. The molecular formula is C11H13N. The van der Waals surface area contributed by atoms with Gasteiger partial charge in [0.05, 0.1) is 0 Å². The molecule has 1 nitrogen and oxygen atoms in total. The Balaban J connectivity index is 2.54. The first-order chi connectivity index (χ1) is 5.77. The Labute approximate surface area is 72.9 Å². The molecule has 1 aliphatic carbocycles. The lowest BCUT2D eigenvalue weighted by Crippen LogP contribution is -2.01. The number of hydrogen-bond acceptors (Lipinski definition) is 1. The van der Waals surface area contributed by atoms with Crippen LogP contribution in [0.3, 0.4) is 0 Å². The number of rotatable bonds is 0. The zero-order chi connectivity index (χ0) is 8.55. The molecule has 1 aromatic carbocycles. The number of nitrogen functional groups attached to an aromatic ring is 1. The minimum absolute atomic E-state index is 0.844. The summed E-state index contributed by atoms with van der Waals surface area (Å²) in [7, 11) is 0. The molecule has 1 aromatic rings. The monoisotopic (exact) mass is 159 g/mol. The highest BCUT2D eigenvalue weighted by molar-refractivity contribution is 5.70. The molecule has 0 unspecified atom stereocenters. The normalized spacial score (nSPS) is 15.8. The van der Waals surface area contributed by atoms with E-state index >= 15 is 0 Å². The molecule has 12 heavy (non-hydrogen) atoms. The molecule has 0 spiro atoms. The molecule has 1 heteroatoms. The fourth-order valence-corrected chi connectivity index (χ4v) is 1.77. The Morgan fingerprint density at radius 2 is 2.08 bits per heavy atom. The third-order valence-electron chi connectivity index (χ3n) is 2.44. The molecule has 0 saturated heterocycles. The summed E-state index contributed by atoms with van der Waals surface area (Å²) in [6.07, 6.45) is 3.53. The van der Waals surface area contributed by atoms with Crippen LogP contribution in [0.15, 0.2) is 24.8 Å². The van der Waals surface area contributed by atoms with Gasteiger partial charge in [-0.05, 0) is 48.1 Å². The van der Waals surface area contributed by atoms with Crippen LogP contribution >= 0.6 is 0 Å². The van der Waals surface area contributed by atoms with Crippen molar-refractivity contribution in [1.29, 1.82) is 0 Å². The van der Waals surface area contributed by atoms with Crippen molar-refractivity contribution in [2.75, 3.05) is 5.73 Å². The fourth-order valence-electron chi connectivity index (χ4n) is 1.77. The van der Waals surface area contributed by atoms with Gasteiger partial charge in [0.2, 0.25) is 0 Å². The molecule has 0 aromatic heterocycles. The molecule has 0 amide bonds. The SMILES string of the molecule is C=C1CCCc2ccc(N)cc21. The maximum atomic E-state index is 5.70. The smallest absolute Gasteiger partial charge is 0.0320 e. The van der Waals surface area contributed by atoms with Crippen LogP contribution in [0.5, 0.6) is 0 Å². The predicted molar refractivity (Wildman–Crippen MR) is 52.8 cm³/mol. The van der Waals surface area contributed by atoms with Gasteiger partial charge in [-0.15, -0.1) is 0 Å². The Kier molecular flexibility index (Phi) is 1.65. The molecule has 0 heterocycles. The van der Waals surface area contributed by atoms with E-state index in [1.165, 1.54) is 29.5 Å². The third-order valence-corrected chi connectivity index (χ3v) is 2.44. The van der Waals surface area contributed by atoms with Crippen molar-refractivity contribution in [3.63, 3.8) is 0 Å². The number of anilines is 1. The minimum atomic E-state index is 0.844. The zero-order valence-electron chi connectivity index (χ0n) is 7.14. The van der Waals surface area contributed by atoms with Crippen LogP contribution < -0.4 is 5.73 Å². The van der Waals surface area contributed by atoms with E-state index in [0.717, 1.165) is 12.1 Å². The van der Waals surface area contributed by atoms with Gasteiger partial charge in [-0.2, -0.15) is 0 Å². The number of aryl methyl sites for hydroxylation is 1. The maximum absolute atomic E-state index is 5.70. The maximum Gasteiger partial charge on any atom is 0.0320 e. The quantitative estimate of drug-likeness (QED) is 0.578. The van der Waals surface area contributed by atoms with Crippen LogP contribution in [0.25, 0.3) is 5.57 Å². The molecule has 1 aliphatic rings. The molecular weight excluding hydrogens is 146 g/mol. The van der Waals surface area contributed by atoms with E-state index in [0.29, 0.717) is 0 Å². The Morgan fingerprint density at radius 1 is 1.25 bits per heavy atom. The molecule has 62 valence electrons. The highest BCUT2D eigenvalue weighted by Gasteiger charge is 2.11. The highest BCUT2D eigenvalue weighted by Crippen LogP contribution is 2.30. The van der Waals surface area contributed by atoms with E-state index < -0.39 is 0 Å². The van der Waals surface area contributed by atoms with E-state index in [-0.39, 0.29) is 0 Å². The molecule has 0 saturated carbocycles. The van der Waals surface area contributed by atoms with Crippen LogP contribution in [0.2, 0.25) is 0 Å². The van der Waals surface area contributed by atoms with E-state index in [9.17, 15) is 0 Å². The van der Waals surface area contributed by atoms with Gasteiger partial charge >= 0.3 is 0 Å². The average Bonchev–Trinajstić information content (AvgIpc) is 2.07. The number of fused-ring (bicyclic) bond motifs is 1. The van der Waals surface area contributed by atoms with Crippen LogP contribution in [0, 0.1) is 0 Å². The largest absolute Gasteiger partial charge is 0.399 e. The Morgan fingerprint density at radius 3 is 2.92 bits per heavy atom. The van der Waals surface area contributed by atoms with Crippen molar-refractivity contribution < 1.29 is 0 Å². The lowest BCUT2D eigenvalue weighted by molar-refractivity contribution is 0.824. The minimum Gasteiger partial charge on any atom is -0.399 e. The second-order valence-electron chi connectivity index (χ2n) is 3.37. The van der Waals surface area contributed by atoms with Gasteiger partial charge in [-0.1, -0.05) is 12.6 Å². The fraction of sp³-hybridized carbons (Fsp3) is 0.273. The first kappa shape index (κ1) is 7.41. The van der Waals surface area contributed by atoms with Crippen LogP contribution in [0.1, 0.15) is 24.0 Å². The van der Waals surface area contributed by atoms with Gasteiger partial charge in [0.1, 0.15) is 0 Å². The van der Waals surface area contributed by atoms with E-state index in [1.807, 2.05) is 12.1 Å². The first-order valence-electron chi connectivity index (χ1n) is 4.34. The summed E-state index contributed by atoms with van der Waals surface area (Å²) >= 11 is 0. The van der Waals surface area contributed by atoms with Crippen molar-refractivity contribution in [2.45, 2.75) is 19.3 Å². The van der Waals surface area contributed by atoms with Crippen LogP contribution in [-0.2, 0) is 6.42 Å². The molecule has 0 radical (unpaired) electrons. The topological polar surface area (TPSA) is 26.0 Å². The summed E-state index contributed by atoms with van der Waals surface area (Å²) < 4.78 is 0.